The summed E-state index contributed by atoms with van der Waals surface area (Å²) in [4.78, 5) is 23.3. The molecule has 0 aliphatic carbocycles. The van der Waals surface area contributed by atoms with E-state index in [0.29, 0.717) is 12.0 Å². The van der Waals surface area contributed by atoms with Crippen LogP contribution < -0.4 is 0 Å². The van der Waals surface area contributed by atoms with Crippen molar-refractivity contribution in [3.8, 4) is 0 Å². The third-order valence-electron chi connectivity index (χ3n) is 2.77. The highest BCUT2D eigenvalue weighted by molar-refractivity contribution is 5.96. The van der Waals surface area contributed by atoms with Gasteiger partial charge in [0.2, 0.25) is 0 Å². The van der Waals surface area contributed by atoms with Crippen molar-refractivity contribution in [2.45, 2.75) is 19.8 Å². The van der Waals surface area contributed by atoms with Gasteiger partial charge in [-0.3, -0.25) is 9.59 Å². The summed E-state index contributed by atoms with van der Waals surface area (Å²) in [6.45, 7) is 5.25. The summed E-state index contributed by atoms with van der Waals surface area (Å²) in [5.74, 6) is -0.892. The summed E-state index contributed by atoms with van der Waals surface area (Å²) >= 11 is 0. The summed E-state index contributed by atoms with van der Waals surface area (Å²) in [7, 11) is 1.34. The number of hydrogen-bond donors (Lipinski definition) is 0. The quantitative estimate of drug-likeness (QED) is 0.572. The zero-order valence-corrected chi connectivity index (χ0v) is 10.8. The number of allylic oxidation sites excluding steroid dienone is 1. The predicted molar refractivity (Wildman–Crippen MR) is 70.1 cm³/mol. The van der Waals surface area contributed by atoms with Crippen LogP contribution in [-0.4, -0.2) is 18.9 Å². The van der Waals surface area contributed by atoms with E-state index in [1.165, 1.54) is 7.11 Å². The Balaban J connectivity index is 2.76. The SMILES string of the molecule is C=C(C)C(=O)CC(Cc1ccccc1)C(=O)OC. The van der Waals surface area contributed by atoms with Crippen LogP contribution in [0.15, 0.2) is 42.5 Å². The number of carbonyl (C=O) groups excluding carboxylic acids is 2. The van der Waals surface area contributed by atoms with E-state index < -0.39 is 5.92 Å². The van der Waals surface area contributed by atoms with Crippen molar-refractivity contribution < 1.29 is 14.3 Å². The van der Waals surface area contributed by atoms with Gasteiger partial charge in [0.1, 0.15) is 0 Å². The smallest absolute Gasteiger partial charge is 0.309 e. The normalized spacial score (nSPS) is 11.7. The molecule has 96 valence electrons. The first-order valence-electron chi connectivity index (χ1n) is 5.85. The Bertz CT molecular complexity index is 434. The third-order valence-corrected chi connectivity index (χ3v) is 2.77. The summed E-state index contributed by atoms with van der Waals surface area (Å²) < 4.78 is 4.74. The molecule has 1 aromatic rings. The third kappa shape index (κ3) is 4.17. The number of Topliss-reactive ketones (excluding diaryl/α,β-unsaturated/α-hetero) is 1. The highest BCUT2D eigenvalue weighted by Gasteiger charge is 2.23. The fourth-order valence-electron chi connectivity index (χ4n) is 1.70. The van der Waals surface area contributed by atoms with Crippen molar-refractivity contribution in [1.82, 2.24) is 0 Å². The Kier molecular flexibility index (Phi) is 5.31. The van der Waals surface area contributed by atoms with Crippen LogP contribution in [-0.2, 0) is 20.7 Å². The van der Waals surface area contributed by atoms with E-state index in [-0.39, 0.29) is 18.2 Å². The van der Waals surface area contributed by atoms with Gasteiger partial charge in [0.25, 0.3) is 0 Å². The van der Waals surface area contributed by atoms with Crippen molar-refractivity contribution in [3.05, 3.63) is 48.0 Å². The molecule has 0 aliphatic heterocycles. The zero-order valence-electron chi connectivity index (χ0n) is 10.8. The monoisotopic (exact) mass is 246 g/mol. The summed E-state index contributed by atoms with van der Waals surface area (Å²) in [6, 6.07) is 9.59. The van der Waals surface area contributed by atoms with E-state index in [1.54, 1.807) is 6.92 Å². The van der Waals surface area contributed by atoms with E-state index in [2.05, 4.69) is 6.58 Å². The maximum Gasteiger partial charge on any atom is 0.309 e. The van der Waals surface area contributed by atoms with Crippen LogP contribution in [0.25, 0.3) is 0 Å². The second-order valence-corrected chi connectivity index (χ2v) is 4.32. The molecule has 0 bridgehead atoms. The molecule has 3 heteroatoms. The van der Waals surface area contributed by atoms with Crippen molar-refractivity contribution in [3.63, 3.8) is 0 Å². The molecule has 0 aromatic heterocycles. The van der Waals surface area contributed by atoms with Gasteiger partial charge in [0.05, 0.1) is 13.0 Å². The van der Waals surface area contributed by atoms with Gasteiger partial charge in [0, 0.05) is 6.42 Å². The lowest BCUT2D eigenvalue weighted by Gasteiger charge is -2.14. The Labute approximate surface area is 107 Å². The standard InChI is InChI=1S/C15H18O3/c1-11(2)14(16)10-13(15(17)18-3)9-12-7-5-4-6-8-12/h4-8,13H,1,9-10H2,2-3H3. The molecule has 0 N–H and O–H groups in total. The lowest BCUT2D eigenvalue weighted by Crippen LogP contribution is -2.22. The number of rotatable bonds is 6. The van der Waals surface area contributed by atoms with Gasteiger partial charge in [-0.1, -0.05) is 36.9 Å². The first kappa shape index (κ1) is 14.2. The molecule has 0 radical (unpaired) electrons. The first-order valence-corrected chi connectivity index (χ1v) is 5.85. The van der Waals surface area contributed by atoms with Crippen molar-refractivity contribution in [2.24, 2.45) is 5.92 Å². The summed E-state index contributed by atoms with van der Waals surface area (Å²) in [5.41, 5.74) is 1.49. The number of carbonyl (C=O) groups is 2. The predicted octanol–water partition coefficient (Wildman–Crippen LogP) is 2.55. The van der Waals surface area contributed by atoms with Crippen LogP contribution >= 0.6 is 0 Å². The lowest BCUT2D eigenvalue weighted by molar-refractivity contribution is -0.146. The number of benzene rings is 1. The topological polar surface area (TPSA) is 43.4 Å². The fraction of sp³-hybridized carbons (Fsp3) is 0.333. The minimum Gasteiger partial charge on any atom is -0.469 e. The largest absolute Gasteiger partial charge is 0.469 e. The van der Waals surface area contributed by atoms with Crippen LogP contribution in [0.3, 0.4) is 0 Å². The van der Waals surface area contributed by atoms with E-state index in [0.717, 1.165) is 5.56 Å². The molecule has 1 rings (SSSR count). The molecule has 3 nitrogen and oxygen atoms in total. The highest BCUT2D eigenvalue weighted by atomic mass is 16.5. The molecule has 0 fully saturated rings. The van der Waals surface area contributed by atoms with Gasteiger partial charge in [-0.05, 0) is 24.5 Å². The van der Waals surface area contributed by atoms with Crippen molar-refractivity contribution >= 4 is 11.8 Å². The van der Waals surface area contributed by atoms with E-state index in [1.807, 2.05) is 30.3 Å². The van der Waals surface area contributed by atoms with E-state index in [4.69, 9.17) is 4.74 Å². The highest BCUT2D eigenvalue weighted by Crippen LogP contribution is 2.16. The molecule has 0 spiro atoms. The molecule has 1 atom stereocenters. The minimum atomic E-state index is -0.443. The van der Waals surface area contributed by atoms with Gasteiger partial charge < -0.3 is 4.74 Å². The summed E-state index contributed by atoms with van der Waals surface area (Å²) in [6.07, 6.45) is 0.656. The fourth-order valence-corrected chi connectivity index (χ4v) is 1.70. The van der Waals surface area contributed by atoms with Crippen LogP contribution in [0.2, 0.25) is 0 Å². The Morgan fingerprint density at radius 3 is 2.39 bits per heavy atom. The van der Waals surface area contributed by atoms with Gasteiger partial charge in [-0.25, -0.2) is 0 Å². The Morgan fingerprint density at radius 1 is 1.28 bits per heavy atom. The van der Waals surface area contributed by atoms with Crippen LogP contribution in [0.1, 0.15) is 18.9 Å². The van der Waals surface area contributed by atoms with Crippen molar-refractivity contribution in [1.29, 1.82) is 0 Å². The molecule has 1 aromatic carbocycles. The molecule has 0 amide bonds. The molecular weight excluding hydrogens is 228 g/mol. The Hall–Kier alpha value is -1.90. The molecule has 0 saturated heterocycles. The second-order valence-electron chi connectivity index (χ2n) is 4.32. The Morgan fingerprint density at radius 2 is 1.89 bits per heavy atom. The van der Waals surface area contributed by atoms with E-state index >= 15 is 0 Å². The summed E-state index contributed by atoms with van der Waals surface area (Å²) in [5, 5.41) is 0. The molecule has 0 heterocycles. The molecule has 0 aliphatic rings. The number of ketones is 1. The molecular formula is C15H18O3. The molecule has 0 saturated carbocycles. The van der Waals surface area contributed by atoms with E-state index in [9.17, 15) is 9.59 Å². The van der Waals surface area contributed by atoms with Gasteiger partial charge in [0.15, 0.2) is 5.78 Å². The molecule has 1 unspecified atom stereocenters. The first-order chi connectivity index (χ1) is 8.54. The van der Waals surface area contributed by atoms with Crippen LogP contribution in [0.4, 0.5) is 0 Å². The van der Waals surface area contributed by atoms with Crippen molar-refractivity contribution in [2.75, 3.05) is 7.11 Å². The van der Waals surface area contributed by atoms with Gasteiger partial charge in [-0.2, -0.15) is 0 Å². The lowest BCUT2D eigenvalue weighted by atomic mass is 9.93. The number of esters is 1. The molecule has 18 heavy (non-hydrogen) atoms. The van der Waals surface area contributed by atoms with Crippen LogP contribution in [0.5, 0.6) is 0 Å². The second kappa shape index (κ2) is 6.74. The number of ether oxygens (including phenoxy) is 1. The van der Waals surface area contributed by atoms with Gasteiger partial charge in [-0.15, -0.1) is 0 Å². The number of hydrogen-bond acceptors (Lipinski definition) is 3. The zero-order chi connectivity index (χ0) is 13.5. The maximum absolute atomic E-state index is 11.7. The number of methoxy groups -OCH3 is 1. The maximum atomic E-state index is 11.7. The minimum absolute atomic E-state index is 0.0960. The average Bonchev–Trinajstić information content (AvgIpc) is 2.38. The van der Waals surface area contributed by atoms with Gasteiger partial charge >= 0.3 is 5.97 Å². The van der Waals surface area contributed by atoms with Crippen LogP contribution in [0, 0.1) is 5.92 Å². The average molecular weight is 246 g/mol.